The van der Waals surface area contributed by atoms with Crippen LogP contribution in [0.5, 0.6) is 0 Å². The Morgan fingerprint density at radius 1 is 1.65 bits per heavy atom. The minimum atomic E-state index is -0.936. The molecular weight excluding hydrogens is 238 g/mol. The fraction of sp³-hybridized carbons (Fsp3) is 0.583. The molecule has 0 aliphatic heterocycles. The number of rotatable bonds is 7. The molecule has 1 aromatic heterocycles. The van der Waals surface area contributed by atoms with Crippen LogP contribution in [0, 0.1) is 6.92 Å². The maximum atomic E-state index is 10.8. The molecule has 96 valence electrons. The summed E-state index contributed by atoms with van der Waals surface area (Å²) < 4.78 is 5.40. The summed E-state index contributed by atoms with van der Waals surface area (Å²) in [5.41, 5.74) is 0.250. The maximum absolute atomic E-state index is 10.8. The average Bonchev–Trinajstić information content (AvgIpc) is 2.66. The molecule has 0 aliphatic carbocycles. The zero-order chi connectivity index (χ0) is 12.8. The van der Waals surface area contributed by atoms with Crippen molar-refractivity contribution in [2.75, 3.05) is 12.0 Å². The molecule has 1 heterocycles. The highest BCUT2D eigenvalue weighted by molar-refractivity contribution is 7.98. The van der Waals surface area contributed by atoms with Gasteiger partial charge in [0.2, 0.25) is 0 Å². The summed E-state index contributed by atoms with van der Waals surface area (Å²) in [5, 5.41) is 12.3. The largest absolute Gasteiger partial charge is 0.478 e. The Morgan fingerprint density at radius 2 is 2.35 bits per heavy atom. The number of furan rings is 1. The first-order valence-electron chi connectivity index (χ1n) is 5.63. The summed E-state index contributed by atoms with van der Waals surface area (Å²) in [5.74, 6) is 1.25. The van der Waals surface area contributed by atoms with Gasteiger partial charge >= 0.3 is 5.97 Å². The van der Waals surface area contributed by atoms with E-state index in [1.165, 1.54) is 0 Å². The lowest BCUT2D eigenvalue weighted by Crippen LogP contribution is -2.29. The minimum Gasteiger partial charge on any atom is -0.478 e. The highest BCUT2D eigenvalue weighted by Crippen LogP contribution is 2.15. The van der Waals surface area contributed by atoms with E-state index in [-0.39, 0.29) is 5.56 Å². The van der Waals surface area contributed by atoms with Crippen molar-refractivity contribution in [1.82, 2.24) is 5.32 Å². The van der Waals surface area contributed by atoms with Crippen LogP contribution in [0.2, 0.25) is 0 Å². The van der Waals surface area contributed by atoms with Crippen LogP contribution in [0.3, 0.4) is 0 Å². The zero-order valence-corrected chi connectivity index (χ0v) is 11.3. The van der Waals surface area contributed by atoms with Gasteiger partial charge in [-0.1, -0.05) is 6.92 Å². The lowest BCUT2D eigenvalue weighted by atomic mass is 10.2. The van der Waals surface area contributed by atoms with Crippen LogP contribution in [0.1, 0.15) is 35.2 Å². The second-order valence-corrected chi connectivity index (χ2v) is 4.84. The number of nitrogens with one attached hydrogen (secondary N) is 1. The highest BCUT2D eigenvalue weighted by Gasteiger charge is 2.14. The molecule has 4 nitrogen and oxygen atoms in total. The van der Waals surface area contributed by atoms with E-state index >= 15 is 0 Å². The molecule has 17 heavy (non-hydrogen) atoms. The Bertz CT molecular complexity index is 376. The zero-order valence-electron chi connectivity index (χ0n) is 10.4. The van der Waals surface area contributed by atoms with Crippen molar-refractivity contribution < 1.29 is 14.3 Å². The highest BCUT2D eigenvalue weighted by atomic mass is 32.2. The standard InChI is InChI=1S/C12H19NO3S/c1-4-9(7-17-3)13-6-10-5-11(12(14)15)8(2)16-10/h5,9,13H,4,6-7H2,1-3H3,(H,14,15). The summed E-state index contributed by atoms with van der Waals surface area (Å²) in [7, 11) is 0. The first-order chi connectivity index (χ1) is 8.08. The van der Waals surface area contributed by atoms with Crippen molar-refractivity contribution in [2.45, 2.75) is 32.9 Å². The van der Waals surface area contributed by atoms with Gasteiger partial charge in [0.25, 0.3) is 0 Å². The fourth-order valence-corrected chi connectivity index (χ4v) is 2.37. The van der Waals surface area contributed by atoms with Crippen molar-refractivity contribution in [1.29, 1.82) is 0 Å². The monoisotopic (exact) mass is 257 g/mol. The number of hydrogen-bond donors (Lipinski definition) is 2. The molecule has 0 bridgehead atoms. The predicted molar refractivity (Wildman–Crippen MR) is 69.7 cm³/mol. The van der Waals surface area contributed by atoms with Gasteiger partial charge in [0.15, 0.2) is 0 Å². The van der Waals surface area contributed by atoms with Crippen molar-refractivity contribution in [2.24, 2.45) is 0 Å². The number of aromatic carboxylic acids is 1. The van der Waals surface area contributed by atoms with Crippen molar-refractivity contribution in [3.63, 3.8) is 0 Å². The molecule has 0 spiro atoms. The first-order valence-corrected chi connectivity index (χ1v) is 7.02. The van der Waals surface area contributed by atoms with Crippen molar-refractivity contribution in [3.05, 3.63) is 23.2 Å². The van der Waals surface area contributed by atoms with Gasteiger partial charge in [-0.3, -0.25) is 0 Å². The van der Waals surface area contributed by atoms with Crippen LogP contribution in [0.25, 0.3) is 0 Å². The van der Waals surface area contributed by atoms with Gasteiger partial charge < -0.3 is 14.8 Å². The number of hydrogen-bond acceptors (Lipinski definition) is 4. The Kier molecular flexibility index (Phi) is 5.58. The summed E-state index contributed by atoms with van der Waals surface area (Å²) in [6.07, 6.45) is 3.12. The topological polar surface area (TPSA) is 62.5 Å². The third-order valence-corrected chi connectivity index (χ3v) is 3.36. The molecule has 0 aliphatic rings. The molecule has 1 aromatic rings. The van der Waals surface area contributed by atoms with Crippen LogP contribution in [-0.4, -0.2) is 29.1 Å². The third-order valence-electron chi connectivity index (χ3n) is 2.62. The second kappa shape index (κ2) is 6.71. The molecule has 0 amide bonds. The SMILES string of the molecule is CCC(CSC)NCc1cc(C(=O)O)c(C)o1. The van der Waals surface area contributed by atoms with Gasteiger partial charge in [-0.25, -0.2) is 4.79 Å². The molecule has 1 atom stereocenters. The van der Waals surface area contributed by atoms with Crippen LogP contribution in [0.4, 0.5) is 0 Å². The lowest BCUT2D eigenvalue weighted by molar-refractivity contribution is 0.0695. The van der Waals surface area contributed by atoms with Crippen LogP contribution in [0.15, 0.2) is 10.5 Å². The van der Waals surface area contributed by atoms with E-state index < -0.39 is 5.97 Å². The van der Waals surface area contributed by atoms with E-state index in [1.54, 1.807) is 24.8 Å². The van der Waals surface area contributed by atoms with Gasteiger partial charge in [0.1, 0.15) is 17.1 Å². The Balaban J connectivity index is 2.57. The quantitative estimate of drug-likeness (QED) is 0.786. The van der Waals surface area contributed by atoms with Gasteiger partial charge in [0.05, 0.1) is 6.54 Å². The van der Waals surface area contributed by atoms with E-state index in [1.807, 2.05) is 0 Å². The second-order valence-electron chi connectivity index (χ2n) is 3.93. The molecule has 0 radical (unpaired) electrons. The molecule has 0 aromatic carbocycles. The Labute approximate surface area is 106 Å². The van der Waals surface area contributed by atoms with Crippen molar-refractivity contribution >= 4 is 17.7 Å². The smallest absolute Gasteiger partial charge is 0.339 e. The number of carboxylic acid groups (broad SMARTS) is 1. The predicted octanol–water partition coefficient (Wildman–Crippen LogP) is 2.52. The number of carboxylic acids is 1. The van der Waals surface area contributed by atoms with E-state index in [9.17, 15) is 4.79 Å². The molecule has 1 rings (SSSR count). The molecule has 0 saturated heterocycles. The molecule has 0 fully saturated rings. The molecule has 1 unspecified atom stereocenters. The normalized spacial score (nSPS) is 12.6. The van der Waals surface area contributed by atoms with Crippen LogP contribution < -0.4 is 5.32 Å². The Morgan fingerprint density at radius 3 is 2.82 bits per heavy atom. The van der Waals surface area contributed by atoms with Gasteiger partial charge in [0, 0.05) is 11.8 Å². The van der Waals surface area contributed by atoms with E-state index in [0.29, 0.717) is 24.1 Å². The van der Waals surface area contributed by atoms with Crippen LogP contribution in [-0.2, 0) is 6.54 Å². The molecular formula is C12H19NO3S. The number of carbonyl (C=O) groups is 1. The first kappa shape index (κ1) is 14.1. The molecule has 0 saturated carbocycles. The molecule has 5 heteroatoms. The van der Waals surface area contributed by atoms with Gasteiger partial charge in [-0.05, 0) is 25.7 Å². The van der Waals surface area contributed by atoms with Gasteiger partial charge in [-0.15, -0.1) is 0 Å². The van der Waals surface area contributed by atoms with E-state index in [4.69, 9.17) is 9.52 Å². The van der Waals surface area contributed by atoms with Gasteiger partial charge in [-0.2, -0.15) is 11.8 Å². The summed E-state index contributed by atoms with van der Waals surface area (Å²) in [4.78, 5) is 10.8. The summed E-state index contributed by atoms with van der Waals surface area (Å²) >= 11 is 1.80. The number of aryl methyl sites for hydroxylation is 1. The fourth-order valence-electron chi connectivity index (χ4n) is 1.61. The van der Waals surface area contributed by atoms with Crippen molar-refractivity contribution in [3.8, 4) is 0 Å². The Hall–Kier alpha value is -0.940. The summed E-state index contributed by atoms with van der Waals surface area (Å²) in [6.45, 7) is 4.38. The third kappa shape index (κ3) is 4.09. The summed E-state index contributed by atoms with van der Waals surface area (Å²) in [6, 6.07) is 2.03. The lowest BCUT2D eigenvalue weighted by Gasteiger charge is -2.14. The molecule has 2 N–H and O–H groups in total. The van der Waals surface area contributed by atoms with E-state index in [0.717, 1.165) is 12.2 Å². The number of thioether (sulfide) groups is 1. The van der Waals surface area contributed by atoms with E-state index in [2.05, 4.69) is 18.5 Å². The average molecular weight is 257 g/mol. The maximum Gasteiger partial charge on any atom is 0.339 e. The van der Waals surface area contributed by atoms with Crippen LogP contribution >= 0.6 is 11.8 Å². The minimum absolute atomic E-state index is 0.250.